The van der Waals surface area contributed by atoms with Gasteiger partial charge in [0.2, 0.25) is 0 Å². The molecule has 0 fully saturated rings. The number of hydrogen-bond acceptors (Lipinski definition) is 4. The van der Waals surface area contributed by atoms with E-state index in [9.17, 15) is 4.39 Å². The molecule has 3 aromatic rings. The van der Waals surface area contributed by atoms with Crippen LogP contribution in [0, 0.1) is 12.7 Å². The van der Waals surface area contributed by atoms with Gasteiger partial charge < -0.3 is 9.47 Å². The van der Waals surface area contributed by atoms with Gasteiger partial charge in [0.25, 0.3) is 0 Å². The minimum atomic E-state index is -0.314. The van der Waals surface area contributed by atoms with Crippen molar-refractivity contribution in [2.75, 3.05) is 20.3 Å². The van der Waals surface area contributed by atoms with Crippen LogP contribution in [-0.4, -0.2) is 30.1 Å². The van der Waals surface area contributed by atoms with E-state index in [1.54, 1.807) is 6.07 Å². The molecule has 0 saturated heterocycles. The molecule has 33 heavy (non-hydrogen) atoms. The maximum Gasteiger partial charge on any atom is 0.128 e. The molecule has 174 valence electrons. The Morgan fingerprint density at radius 1 is 1.03 bits per heavy atom. The van der Waals surface area contributed by atoms with Gasteiger partial charge in [-0.2, -0.15) is 0 Å². The summed E-state index contributed by atoms with van der Waals surface area (Å²) in [5, 5.41) is 0. The summed E-state index contributed by atoms with van der Waals surface area (Å²) in [6.45, 7) is 7.68. The Balaban J connectivity index is 1.69. The van der Waals surface area contributed by atoms with Gasteiger partial charge in [-0.05, 0) is 76.4 Å². The molecule has 1 atom stereocenters. The molecule has 5 heteroatoms. The molecule has 0 aliphatic heterocycles. The number of hydrogen-bond donors (Lipinski definition) is 0. The lowest BCUT2D eigenvalue weighted by molar-refractivity contribution is 0.208. The molecule has 1 heterocycles. The zero-order chi connectivity index (χ0) is 23.4. The smallest absolute Gasteiger partial charge is 0.128 e. The summed E-state index contributed by atoms with van der Waals surface area (Å²) in [4.78, 5) is 7.26. The Morgan fingerprint density at radius 3 is 2.58 bits per heavy atom. The highest BCUT2D eigenvalue weighted by Gasteiger charge is 2.25. The second-order valence-electron chi connectivity index (χ2n) is 8.60. The number of benzene rings is 2. The van der Waals surface area contributed by atoms with Crippen LogP contribution in [0.3, 0.4) is 0 Å². The molecular weight excluding hydrogens is 415 g/mol. The van der Waals surface area contributed by atoms with Crippen LogP contribution in [0.4, 0.5) is 4.39 Å². The van der Waals surface area contributed by atoms with Crippen LogP contribution >= 0.6 is 0 Å². The maximum atomic E-state index is 14.1. The van der Waals surface area contributed by atoms with E-state index in [0.29, 0.717) is 36.3 Å². The average molecular weight is 449 g/mol. The summed E-state index contributed by atoms with van der Waals surface area (Å²) in [7, 11) is 2.18. The Bertz CT molecular complexity index is 1120. The van der Waals surface area contributed by atoms with Crippen molar-refractivity contribution in [3.63, 3.8) is 0 Å². The monoisotopic (exact) mass is 448 g/mol. The number of pyridine rings is 1. The second-order valence-corrected chi connectivity index (χ2v) is 8.60. The third-order valence-corrected chi connectivity index (χ3v) is 6.38. The number of aryl methyl sites for hydroxylation is 2. The fraction of sp³-hybridized carbons (Fsp3) is 0.393. The van der Waals surface area contributed by atoms with Crippen LogP contribution in [0.2, 0.25) is 0 Å². The summed E-state index contributed by atoms with van der Waals surface area (Å²) in [5.41, 5.74) is 6.13. The van der Waals surface area contributed by atoms with Gasteiger partial charge in [-0.1, -0.05) is 24.3 Å². The standard InChI is InChI=1S/C28H33FN2O2/c1-5-32-27-15-14-21(29)16-23(27)25-17-28(33-6-2)24(19(3)30-25)18-31(4)26-13-9-11-20-10-7-8-12-22(20)26/h7-8,10,12,14-17,26H,5-6,9,11,13,18H2,1-4H3/t26-/m0/s1. The Hall–Kier alpha value is -2.92. The fourth-order valence-electron chi connectivity index (χ4n) is 4.81. The summed E-state index contributed by atoms with van der Waals surface area (Å²) >= 11 is 0. The van der Waals surface area contributed by atoms with E-state index in [1.807, 2.05) is 26.8 Å². The molecule has 0 bridgehead atoms. The van der Waals surface area contributed by atoms with Gasteiger partial charge >= 0.3 is 0 Å². The van der Waals surface area contributed by atoms with Gasteiger partial charge in [0.1, 0.15) is 17.3 Å². The highest BCUT2D eigenvalue weighted by molar-refractivity contribution is 5.69. The van der Waals surface area contributed by atoms with Crippen molar-refractivity contribution in [1.29, 1.82) is 0 Å². The molecule has 0 saturated carbocycles. The molecule has 0 unspecified atom stereocenters. The highest BCUT2D eigenvalue weighted by Crippen LogP contribution is 2.37. The first-order chi connectivity index (χ1) is 16.0. The zero-order valence-corrected chi connectivity index (χ0v) is 20.0. The molecule has 0 N–H and O–H groups in total. The maximum absolute atomic E-state index is 14.1. The van der Waals surface area contributed by atoms with Crippen LogP contribution in [0.1, 0.15) is 55.1 Å². The van der Waals surface area contributed by atoms with E-state index in [4.69, 9.17) is 14.5 Å². The van der Waals surface area contributed by atoms with E-state index >= 15 is 0 Å². The molecular formula is C28H33FN2O2. The predicted octanol–water partition coefficient (Wildman–Crippen LogP) is 6.50. The van der Waals surface area contributed by atoms with Gasteiger partial charge in [0, 0.05) is 35.5 Å². The normalized spacial score (nSPS) is 15.4. The lowest BCUT2D eigenvalue weighted by Crippen LogP contribution is -2.28. The third kappa shape index (κ3) is 5.03. The van der Waals surface area contributed by atoms with E-state index < -0.39 is 0 Å². The van der Waals surface area contributed by atoms with E-state index in [1.165, 1.54) is 29.7 Å². The topological polar surface area (TPSA) is 34.6 Å². The fourth-order valence-corrected chi connectivity index (χ4v) is 4.81. The van der Waals surface area contributed by atoms with Crippen molar-refractivity contribution in [2.24, 2.45) is 0 Å². The van der Waals surface area contributed by atoms with E-state index in [-0.39, 0.29) is 5.82 Å². The van der Waals surface area contributed by atoms with Crippen LogP contribution in [0.25, 0.3) is 11.3 Å². The summed E-state index contributed by atoms with van der Waals surface area (Å²) in [6.07, 6.45) is 3.49. The number of fused-ring (bicyclic) bond motifs is 1. The third-order valence-electron chi connectivity index (χ3n) is 6.38. The highest BCUT2D eigenvalue weighted by atomic mass is 19.1. The zero-order valence-electron chi connectivity index (χ0n) is 20.0. The first-order valence-electron chi connectivity index (χ1n) is 11.9. The Morgan fingerprint density at radius 2 is 1.79 bits per heavy atom. The van der Waals surface area contributed by atoms with Crippen molar-refractivity contribution < 1.29 is 13.9 Å². The van der Waals surface area contributed by atoms with Crippen molar-refractivity contribution in [2.45, 2.75) is 52.6 Å². The minimum Gasteiger partial charge on any atom is -0.493 e. The van der Waals surface area contributed by atoms with Crippen molar-refractivity contribution in [3.05, 3.63) is 76.7 Å². The van der Waals surface area contributed by atoms with E-state index in [2.05, 4.69) is 36.2 Å². The predicted molar refractivity (Wildman–Crippen MR) is 130 cm³/mol. The Kier molecular flexibility index (Phi) is 7.29. The first kappa shape index (κ1) is 23.2. The average Bonchev–Trinajstić information content (AvgIpc) is 2.82. The molecule has 1 aromatic heterocycles. The molecule has 0 amide bonds. The summed E-state index contributed by atoms with van der Waals surface area (Å²) < 4.78 is 25.9. The number of aromatic nitrogens is 1. The van der Waals surface area contributed by atoms with Gasteiger partial charge in [-0.15, -0.1) is 0 Å². The quantitative estimate of drug-likeness (QED) is 0.394. The second kappa shape index (κ2) is 10.3. The number of nitrogens with zero attached hydrogens (tertiary/aromatic N) is 2. The van der Waals surface area contributed by atoms with Crippen molar-refractivity contribution in [1.82, 2.24) is 9.88 Å². The molecule has 2 aromatic carbocycles. The summed E-state index contributed by atoms with van der Waals surface area (Å²) in [6, 6.07) is 15.6. The van der Waals surface area contributed by atoms with Crippen molar-refractivity contribution in [3.8, 4) is 22.8 Å². The van der Waals surface area contributed by atoms with Crippen LogP contribution in [-0.2, 0) is 13.0 Å². The lowest BCUT2D eigenvalue weighted by atomic mass is 9.87. The van der Waals surface area contributed by atoms with Crippen LogP contribution in [0.15, 0.2) is 48.5 Å². The number of rotatable bonds is 8. The largest absolute Gasteiger partial charge is 0.493 e. The molecule has 4 rings (SSSR count). The van der Waals surface area contributed by atoms with Crippen LogP contribution < -0.4 is 9.47 Å². The SMILES string of the molecule is CCOc1ccc(F)cc1-c1cc(OCC)c(CN(C)[C@H]2CCCc3ccccc32)c(C)n1. The molecule has 1 aliphatic rings. The molecule has 0 radical (unpaired) electrons. The molecule has 1 aliphatic carbocycles. The van der Waals surface area contributed by atoms with E-state index in [0.717, 1.165) is 36.4 Å². The van der Waals surface area contributed by atoms with Gasteiger partial charge in [0.15, 0.2) is 0 Å². The van der Waals surface area contributed by atoms with Gasteiger partial charge in [-0.3, -0.25) is 9.88 Å². The van der Waals surface area contributed by atoms with Gasteiger partial charge in [-0.25, -0.2) is 4.39 Å². The number of halogens is 1. The first-order valence-corrected chi connectivity index (χ1v) is 11.9. The summed E-state index contributed by atoms with van der Waals surface area (Å²) in [5.74, 6) is 1.10. The molecule has 0 spiro atoms. The number of ether oxygens (including phenoxy) is 2. The molecule has 4 nitrogen and oxygen atoms in total. The minimum absolute atomic E-state index is 0.314. The lowest BCUT2D eigenvalue weighted by Gasteiger charge is -2.34. The van der Waals surface area contributed by atoms with Crippen molar-refractivity contribution >= 4 is 0 Å². The van der Waals surface area contributed by atoms with Gasteiger partial charge in [0.05, 0.1) is 18.9 Å². The van der Waals surface area contributed by atoms with Crippen LogP contribution in [0.5, 0.6) is 11.5 Å². The Labute approximate surface area is 196 Å².